The van der Waals surface area contributed by atoms with Gasteiger partial charge >= 0.3 is 5.97 Å². The molecular formula is C23H17NO7. The molecule has 156 valence electrons. The monoisotopic (exact) mass is 419 g/mol. The van der Waals surface area contributed by atoms with E-state index in [2.05, 4.69) is 5.32 Å². The summed E-state index contributed by atoms with van der Waals surface area (Å²) in [5.41, 5.74) is -0.0838. The SMILES string of the molecule is O=C(O)CNC(=O)COc1ccc2c(=O)c(Oc3ccc4ccccc4c3)coc2c1. The van der Waals surface area contributed by atoms with Crippen molar-refractivity contribution < 1.29 is 28.6 Å². The van der Waals surface area contributed by atoms with Crippen LogP contribution in [0.2, 0.25) is 0 Å². The molecule has 1 heterocycles. The number of ether oxygens (including phenoxy) is 2. The van der Waals surface area contributed by atoms with Gasteiger partial charge in [0.2, 0.25) is 11.2 Å². The minimum atomic E-state index is -1.15. The Morgan fingerprint density at radius 1 is 0.968 bits per heavy atom. The van der Waals surface area contributed by atoms with Gasteiger partial charge in [0.15, 0.2) is 6.61 Å². The average molecular weight is 419 g/mol. The lowest BCUT2D eigenvalue weighted by molar-refractivity contribution is -0.138. The van der Waals surface area contributed by atoms with Gasteiger partial charge in [0.25, 0.3) is 5.91 Å². The maximum atomic E-state index is 12.8. The van der Waals surface area contributed by atoms with E-state index >= 15 is 0 Å². The molecule has 8 heteroatoms. The predicted octanol–water partition coefficient (Wildman–Crippen LogP) is 3.32. The maximum Gasteiger partial charge on any atom is 0.322 e. The highest BCUT2D eigenvalue weighted by Crippen LogP contribution is 2.26. The fourth-order valence-electron chi connectivity index (χ4n) is 2.98. The highest BCUT2D eigenvalue weighted by atomic mass is 16.5. The first-order valence-corrected chi connectivity index (χ1v) is 9.33. The van der Waals surface area contributed by atoms with Crippen LogP contribution in [0.15, 0.2) is 76.1 Å². The molecule has 0 radical (unpaired) electrons. The van der Waals surface area contributed by atoms with Crippen LogP contribution in [0.3, 0.4) is 0 Å². The molecule has 0 atom stereocenters. The number of hydrogen-bond donors (Lipinski definition) is 2. The van der Waals surface area contributed by atoms with Crippen molar-refractivity contribution in [2.75, 3.05) is 13.2 Å². The van der Waals surface area contributed by atoms with Gasteiger partial charge in [0, 0.05) is 6.07 Å². The zero-order valence-corrected chi connectivity index (χ0v) is 16.2. The van der Waals surface area contributed by atoms with E-state index in [1.165, 1.54) is 24.5 Å². The topological polar surface area (TPSA) is 115 Å². The molecule has 0 aliphatic carbocycles. The lowest BCUT2D eigenvalue weighted by Gasteiger charge is -2.09. The summed E-state index contributed by atoms with van der Waals surface area (Å²) in [7, 11) is 0. The van der Waals surface area contributed by atoms with E-state index in [9.17, 15) is 14.4 Å². The Bertz CT molecular complexity index is 1340. The lowest BCUT2D eigenvalue weighted by Crippen LogP contribution is -2.33. The molecule has 0 saturated carbocycles. The molecule has 0 saturated heterocycles. The number of fused-ring (bicyclic) bond motifs is 2. The predicted molar refractivity (Wildman–Crippen MR) is 113 cm³/mol. The van der Waals surface area contributed by atoms with Crippen LogP contribution < -0.4 is 20.2 Å². The number of aliphatic carboxylic acids is 1. The zero-order valence-electron chi connectivity index (χ0n) is 16.2. The highest BCUT2D eigenvalue weighted by Gasteiger charge is 2.12. The van der Waals surface area contributed by atoms with Gasteiger partial charge < -0.3 is 24.3 Å². The van der Waals surface area contributed by atoms with Crippen LogP contribution in [0.5, 0.6) is 17.2 Å². The van der Waals surface area contributed by atoms with Gasteiger partial charge in [-0.3, -0.25) is 14.4 Å². The van der Waals surface area contributed by atoms with Gasteiger partial charge in [-0.1, -0.05) is 30.3 Å². The molecular weight excluding hydrogens is 402 g/mol. The molecule has 8 nitrogen and oxygen atoms in total. The van der Waals surface area contributed by atoms with E-state index in [-0.39, 0.29) is 23.4 Å². The Kier molecular flexibility index (Phi) is 5.53. The molecule has 0 spiro atoms. The molecule has 4 aromatic rings. The average Bonchev–Trinajstić information content (AvgIpc) is 2.78. The summed E-state index contributed by atoms with van der Waals surface area (Å²) >= 11 is 0. The van der Waals surface area contributed by atoms with Crippen molar-refractivity contribution in [2.24, 2.45) is 0 Å². The van der Waals surface area contributed by atoms with Crippen LogP contribution in [-0.4, -0.2) is 30.1 Å². The van der Waals surface area contributed by atoms with Gasteiger partial charge in [-0.2, -0.15) is 0 Å². The van der Waals surface area contributed by atoms with E-state index in [0.717, 1.165) is 10.8 Å². The third-order valence-corrected chi connectivity index (χ3v) is 4.47. The quantitative estimate of drug-likeness (QED) is 0.472. The number of amides is 1. The summed E-state index contributed by atoms with van der Waals surface area (Å²) in [6.07, 6.45) is 1.23. The first-order chi connectivity index (χ1) is 15.0. The number of carboxylic acid groups (broad SMARTS) is 1. The molecule has 0 unspecified atom stereocenters. The van der Waals surface area contributed by atoms with Crippen molar-refractivity contribution >= 4 is 33.6 Å². The second-order valence-electron chi connectivity index (χ2n) is 6.66. The number of benzene rings is 3. The van der Waals surface area contributed by atoms with Crippen LogP contribution in [0.25, 0.3) is 21.7 Å². The van der Waals surface area contributed by atoms with E-state index in [1.54, 1.807) is 6.07 Å². The molecule has 0 fully saturated rings. The van der Waals surface area contributed by atoms with Gasteiger partial charge in [0.05, 0.1) is 5.39 Å². The summed E-state index contributed by atoms with van der Waals surface area (Å²) in [5.74, 6) is -0.878. The molecule has 3 aromatic carbocycles. The second kappa shape index (κ2) is 8.58. The Hall–Kier alpha value is -4.33. The van der Waals surface area contributed by atoms with Crippen molar-refractivity contribution in [3.63, 3.8) is 0 Å². The Morgan fingerprint density at radius 3 is 2.55 bits per heavy atom. The van der Waals surface area contributed by atoms with E-state index in [1.807, 2.05) is 36.4 Å². The van der Waals surface area contributed by atoms with Gasteiger partial charge in [0.1, 0.15) is 29.9 Å². The molecule has 0 aliphatic rings. The Morgan fingerprint density at radius 2 is 1.74 bits per heavy atom. The van der Waals surface area contributed by atoms with Gasteiger partial charge in [-0.15, -0.1) is 0 Å². The molecule has 1 amide bonds. The van der Waals surface area contributed by atoms with E-state index < -0.39 is 18.4 Å². The first-order valence-electron chi connectivity index (χ1n) is 9.33. The molecule has 2 N–H and O–H groups in total. The zero-order chi connectivity index (χ0) is 21.8. The largest absolute Gasteiger partial charge is 0.484 e. The summed E-state index contributed by atoms with van der Waals surface area (Å²) in [6, 6.07) is 17.8. The smallest absolute Gasteiger partial charge is 0.322 e. The van der Waals surface area contributed by atoms with Gasteiger partial charge in [-0.25, -0.2) is 0 Å². The minimum absolute atomic E-state index is 0.0458. The Labute approximate surface area is 175 Å². The second-order valence-corrected chi connectivity index (χ2v) is 6.66. The third-order valence-electron chi connectivity index (χ3n) is 4.47. The molecule has 0 aliphatic heterocycles. The number of carbonyl (C=O) groups is 2. The minimum Gasteiger partial charge on any atom is -0.484 e. The highest BCUT2D eigenvalue weighted by molar-refractivity contribution is 5.84. The molecule has 4 rings (SSSR count). The van der Waals surface area contributed by atoms with Crippen LogP contribution >= 0.6 is 0 Å². The third kappa shape index (κ3) is 4.64. The van der Waals surface area contributed by atoms with Crippen molar-refractivity contribution in [1.29, 1.82) is 0 Å². The van der Waals surface area contributed by atoms with Crippen molar-refractivity contribution in [3.05, 3.63) is 77.2 Å². The number of nitrogens with one attached hydrogen (secondary N) is 1. The maximum absolute atomic E-state index is 12.8. The summed E-state index contributed by atoms with van der Waals surface area (Å²) < 4.78 is 16.6. The van der Waals surface area contributed by atoms with Crippen molar-refractivity contribution in [2.45, 2.75) is 0 Å². The van der Waals surface area contributed by atoms with E-state index in [0.29, 0.717) is 16.9 Å². The number of carboxylic acids is 1. The normalized spacial score (nSPS) is 10.7. The van der Waals surface area contributed by atoms with Crippen LogP contribution in [-0.2, 0) is 9.59 Å². The molecule has 0 bridgehead atoms. The fraction of sp³-hybridized carbons (Fsp3) is 0.0870. The Balaban J connectivity index is 1.51. The number of rotatable bonds is 7. The van der Waals surface area contributed by atoms with Crippen molar-refractivity contribution in [1.82, 2.24) is 5.32 Å². The summed E-state index contributed by atoms with van der Waals surface area (Å²) in [6.45, 7) is -0.860. The van der Waals surface area contributed by atoms with E-state index in [4.69, 9.17) is 19.0 Å². The summed E-state index contributed by atoms with van der Waals surface area (Å²) in [4.78, 5) is 34.8. The number of carbonyl (C=O) groups excluding carboxylic acids is 1. The van der Waals surface area contributed by atoms with Gasteiger partial charge in [-0.05, 0) is 35.0 Å². The fourth-order valence-corrected chi connectivity index (χ4v) is 2.98. The van der Waals surface area contributed by atoms with Crippen LogP contribution in [0.1, 0.15) is 0 Å². The molecule has 1 aromatic heterocycles. The van der Waals surface area contributed by atoms with Crippen LogP contribution in [0, 0.1) is 0 Å². The number of hydrogen-bond acceptors (Lipinski definition) is 6. The van der Waals surface area contributed by atoms with Crippen LogP contribution in [0.4, 0.5) is 0 Å². The first kappa shape index (κ1) is 20.0. The van der Waals surface area contributed by atoms with Crippen molar-refractivity contribution in [3.8, 4) is 17.2 Å². The molecule has 31 heavy (non-hydrogen) atoms. The lowest BCUT2D eigenvalue weighted by atomic mass is 10.1. The summed E-state index contributed by atoms with van der Waals surface area (Å²) in [5, 5.41) is 13.1. The standard InChI is InChI=1S/C23H17NO7/c25-21(24-11-22(26)27)13-29-16-7-8-18-19(10-16)30-12-20(23(18)28)31-17-6-5-14-3-1-2-4-15(14)9-17/h1-10,12H,11,13H2,(H,24,25)(H,26,27).